The summed E-state index contributed by atoms with van der Waals surface area (Å²) >= 11 is 0. The standard InChI is InChI=1S/C24H21FN2O4S/c1-26-24(28)22-20-13-18(16-5-3-15(4-6-16)14-27-32(2,29)30)9-12-21(20)31-23(22)17-7-10-19(25)11-8-17/h3-13,27H,14H2,1-2H3,(H,26,28). The molecule has 0 unspecified atom stereocenters. The van der Waals surface area contributed by atoms with E-state index >= 15 is 0 Å². The average Bonchev–Trinajstić information content (AvgIpc) is 3.16. The number of nitrogens with one attached hydrogen (secondary N) is 2. The number of hydrogen-bond donors (Lipinski definition) is 2. The summed E-state index contributed by atoms with van der Waals surface area (Å²) in [5, 5.41) is 3.29. The monoisotopic (exact) mass is 452 g/mol. The first-order valence-corrected chi connectivity index (χ1v) is 11.7. The molecule has 6 nitrogen and oxygen atoms in total. The summed E-state index contributed by atoms with van der Waals surface area (Å²) in [5.41, 5.74) is 4.13. The molecule has 4 rings (SSSR count). The Morgan fingerprint density at radius 1 is 0.938 bits per heavy atom. The maximum atomic E-state index is 13.4. The number of sulfonamides is 1. The van der Waals surface area contributed by atoms with Gasteiger partial charge in [0.05, 0.1) is 11.8 Å². The van der Waals surface area contributed by atoms with Crippen molar-refractivity contribution in [2.24, 2.45) is 0 Å². The molecule has 0 spiro atoms. The summed E-state index contributed by atoms with van der Waals surface area (Å²) in [5.74, 6) is -0.301. The molecule has 3 aromatic carbocycles. The first-order valence-electron chi connectivity index (χ1n) is 9.83. The lowest BCUT2D eigenvalue weighted by molar-refractivity contribution is 0.0964. The van der Waals surface area contributed by atoms with Gasteiger partial charge in [-0.15, -0.1) is 0 Å². The van der Waals surface area contributed by atoms with Crippen LogP contribution in [0.25, 0.3) is 33.4 Å². The molecule has 4 aromatic rings. The van der Waals surface area contributed by atoms with Crippen molar-refractivity contribution >= 4 is 26.9 Å². The second-order valence-electron chi connectivity index (χ2n) is 7.39. The number of carbonyl (C=O) groups excluding carboxylic acids is 1. The lowest BCUT2D eigenvalue weighted by atomic mass is 9.99. The van der Waals surface area contributed by atoms with Gasteiger partial charge >= 0.3 is 0 Å². The Labute approximate surface area is 185 Å². The molecule has 1 amide bonds. The molecule has 1 heterocycles. The molecule has 8 heteroatoms. The zero-order chi connectivity index (χ0) is 22.9. The molecule has 32 heavy (non-hydrogen) atoms. The summed E-state index contributed by atoms with van der Waals surface area (Å²) < 4.78 is 44.4. The number of benzene rings is 3. The fourth-order valence-corrected chi connectivity index (χ4v) is 3.89. The quantitative estimate of drug-likeness (QED) is 0.456. The molecule has 0 saturated carbocycles. The van der Waals surface area contributed by atoms with E-state index in [1.165, 1.54) is 12.1 Å². The van der Waals surface area contributed by atoms with E-state index in [1.54, 1.807) is 25.2 Å². The van der Waals surface area contributed by atoms with E-state index in [2.05, 4.69) is 10.0 Å². The number of carbonyl (C=O) groups is 1. The minimum absolute atomic E-state index is 0.210. The first-order chi connectivity index (χ1) is 15.2. The minimum atomic E-state index is -3.27. The van der Waals surface area contributed by atoms with Gasteiger partial charge in [-0.3, -0.25) is 4.79 Å². The number of hydrogen-bond acceptors (Lipinski definition) is 4. The zero-order valence-corrected chi connectivity index (χ0v) is 18.3. The molecular formula is C24H21FN2O4S. The molecule has 0 aliphatic heterocycles. The summed E-state index contributed by atoms with van der Waals surface area (Å²) in [4.78, 5) is 12.7. The van der Waals surface area contributed by atoms with Crippen LogP contribution in [0.5, 0.6) is 0 Å². The highest BCUT2D eigenvalue weighted by Gasteiger charge is 2.22. The summed E-state index contributed by atoms with van der Waals surface area (Å²) in [7, 11) is -1.72. The van der Waals surface area contributed by atoms with Crippen LogP contribution in [0.4, 0.5) is 4.39 Å². The van der Waals surface area contributed by atoms with Gasteiger partial charge in [-0.2, -0.15) is 0 Å². The van der Waals surface area contributed by atoms with E-state index in [1.807, 2.05) is 36.4 Å². The lowest BCUT2D eigenvalue weighted by Crippen LogP contribution is -2.21. The number of rotatable bonds is 6. The Bertz CT molecular complexity index is 1390. The molecule has 0 aliphatic carbocycles. The van der Waals surface area contributed by atoms with Crippen molar-refractivity contribution in [3.05, 3.63) is 83.7 Å². The van der Waals surface area contributed by atoms with Gasteiger partial charge in [0.25, 0.3) is 5.91 Å². The third kappa shape index (κ3) is 4.56. The Morgan fingerprint density at radius 3 is 2.19 bits per heavy atom. The van der Waals surface area contributed by atoms with E-state index in [4.69, 9.17) is 4.42 Å². The van der Waals surface area contributed by atoms with Gasteiger partial charge in [-0.25, -0.2) is 17.5 Å². The van der Waals surface area contributed by atoms with Crippen molar-refractivity contribution in [1.82, 2.24) is 10.0 Å². The number of halogens is 1. The highest BCUT2D eigenvalue weighted by molar-refractivity contribution is 7.88. The van der Waals surface area contributed by atoms with Gasteiger partial charge in [0.2, 0.25) is 10.0 Å². The van der Waals surface area contributed by atoms with Crippen LogP contribution in [0.1, 0.15) is 15.9 Å². The van der Waals surface area contributed by atoms with Crippen molar-refractivity contribution < 1.29 is 22.0 Å². The predicted octanol–water partition coefficient (Wildman–Crippen LogP) is 4.31. The molecular weight excluding hydrogens is 431 g/mol. The van der Waals surface area contributed by atoms with Crippen LogP contribution in [-0.4, -0.2) is 27.6 Å². The topological polar surface area (TPSA) is 88.4 Å². The van der Waals surface area contributed by atoms with Gasteiger partial charge in [-0.1, -0.05) is 30.3 Å². The third-order valence-corrected chi connectivity index (χ3v) is 5.74. The fraction of sp³-hybridized carbons (Fsp3) is 0.125. The van der Waals surface area contributed by atoms with Gasteiger partial charge < -0.3 is 9.73 Å². The van der Waals surface area contributed by atoms with Crippen LogP contribution in [0.3, 0.4) is 0 Å². The molecule has 1 aromatic heterocycles. The first kappa shape index (κ1) is 21.7. The molecule has 0 bridgehead atoms. The maximum Gasteiger partial charge on any atom is 0.255 e. The summed E-state index contributed by atoms with van der Waals surface area (Å²) in [6, 6.07) is 18.8. The second-order valence-corrected chi connectivity index (χ2v) is 9.23. The van der Waals surface area contributed by atoms with E-state index in [0.29, 0.717) is 27.9 Å². The average molecular weight is 453 g/mol. The number of furan rings is 1. The normalized spacial score (nSPS) is 11.6. The Balaban J connectivity index is 1.75. The van der Waals surface area contributed by atoms with Crippen LogP contribution in [0.2, 0.25) is 0 Å². The largest absolute Gasteiger partial charge is 0.455 e. The smallest absolute Gasteiger partial charge is 0.255 e. The van der Waals surface area contributed by atoms with Gasteiger partial charge in [0.15, 0.2) is 0 Å². The van der Waals surface area contributed by atoms with Crippen LogP contribution in [-0.2, 0) is 16.6 Å². The molecule has 0 atom stereocenters. The van der Waals surface area contributed by atoms with Crippen molar-refractivity contribution in [1.29, 1.82) is 0 Å². The van der Waals surface area contributed by atoms with Crippen molar-refractivity contribution in [2.45, 2.75) is 6.54 Å². The van der Waals surface area contributed by atoms with Gasteiger partial charge in [0, 0.05) is 24.5 Å². The molecule has 0 saturated heterocycles. The molecule has 0 aliphatic rings. The van der Waals surface area contributed by atoms with Crippen LogP contribution < -0.4 is 10.0 Å². The molecule has 164 valence electrons. The van der Waals surface area contributed by atoms with E-state index in [9.17, 15) is 17.6 Å². The summed E-state index contributed by atoms with van der Waals surface area (Å²) in [6.45, 7) is 0.210. The highest BCUT2D eigenvalue weighted by Crippen LogP contribution is 2.36. The van der Waals surface area contributed by atoms with E-state index in [-0.39, 0.29) is 18.3 Å². The lowest BCUT2D eigenvalue weighted by Gasteiger charge is -2.06. The highest BCUT2D eigenvalue weighted by atomic mass is 32.2. The fourth-order valence-electron chi connectivity index (χ4n) is 3.46. The van der Waals surface area contributed by atoms with Crippen LogP contribution in [0, 0.1) is 5.82 Å². The van der Waals surface area contributed by atoms with E-state index in [0.717, 1.165) is 22.9 Å². The Hall–Kier alpha value is -3.49. The molecule has 0 radical (unpaired) electrons. The van der Waals surface area contributed by atoms with Crippen LogP contribution in [0.15, 0.2) is 71.1 Å². The Kier molecular flexibility index (Phi) is 5.82. The second kappa shape index (κ2) is 8.57. The SMILES string of the molecule is CNC(=O)c1c(-c2ccc(F)cc2)oc2ccc(-c3ccc(CNS(C)(=O)=O)cc3)cc12. The summed E-state index contributed by atoms with van der Waals surface area (Å²) in [6.07, 6.45) is 1.12. The van der Waals surface area contributed by atoms with Crippen molar-refractivity contribution in [3.63, 3.8) is 0 Å². The molecule has 0 fully saturated rings. The number of fused-ring (bicyclic) bond motifs is 1. The van der Waals surface area contributed by atoms with Crippen molar-refractivity contribution in [2.75, 3.05) is 13.3 Å². The van der Waals surface area contributed by atoms with E-state index < -0.39 is 10.0 Å². The van der Waals surface area contributed by atoms with Gasteiger partial charge in [0.1, 0.15) is 17.2 Å². The number of amides is 1. The van der Waals surface area contributed by atoms with Crippen LogP contribution >= 0.6 is 0 Å². The molecule has 2 N–H and O–H groups in total. The zero-order valence-electron chi connectivity index (χ0n) is 17.5. The maximum absolute atomic E-state index is 13.4. The minimum Gasteiger partial charge on any atom is -0.455 e. The van der Waals surface area contributed by atoms with Crippen molar-refractivity contribution in [3.8, 4) is 22.5 Å². The van der Waals surface area contributed by atoms with Gasteiger partial charge in [-0.05, 0) is 53.1 Å². The third-order valence-electron chi connectivity index (χ3n) is 5.07. The predicted molar refractivity (Wildman–Crippen MR) is 122 cm³/mol. The Morgan fingerprint density at radius 2 is 1.56 bits per heavy atom.